The zero-order valence-electron chi connectivity index (χ0n) is 13.3. The minimum Gasteiger partial charge on any atom is -0.463 e. The van der Waals surface area contributed by atoms with Crippen LogP contribution in [0.25, 0.3) is 5.69 Å². The minimum atomic E-state index is -0.390. The molecule has 0 saturated heterocycles. The zero-order valence-corrected chi connectivity index (χ0v) is 13.3. The zero-order chi connectivity index (χ0) is 16.7. The summed E-state index contributed by atoms with van der Waals surface area (Å²) in [6.45, 7) is 4.12. The molecule has 0 aliphatic carbocycles. The second-order valence-electron chi connectivity index (χ2n) is 4.84. The number of nitrogens with one attached hydrogen (secondary N) is 1. The number of esters is 1. The molecule has 0 bridgehead atoms. The maximum absolute atomic E-state index is 11.6. The van der Waals surface area contributed by atoms with E-state index in [4.69, 9.17) is 10.5 Å². The Morgan fingerprint density at radius 1 is 1.35 bits per heavy atom. The summed E-state index contributed by atoms with van der Waals surface area (Å²) in [6.07, 6.45) is 2.97. The predicted molar refractivity (Wildman–Crippen MR) is 89.0 cm³/mol. The predicted octanol–water partition coefficient (Wildman–Crippen LogP) is 2.51. The van der Waals surface area contributed by atoms with Crippen LogP contribution in [-0.4, -0.2) is 27.3 Å². The first-order valence-electron chi connectivity index (χ1n) is 7.56. The van der Waals surface area contributed by atoms with Crippen LogP contribution in [0.15, 0.2) is 42.1 Å². The maximum Gasteiger partial charge on any atom is 0.332 e. The number of benzene rings is 1. The van der Waals surface area contributed by atoms with Crippen molar-refractivity contribution in [2.45, 2.75) is 26.7 Å². The molecule has 0 saturated carbocycles. The van der Waals surface area contributed by atoms with Gasteiger partial charge in [-0.05, 0) is 25.5 Å². The summed E-state index contributed by atoms with van der Waals surface area (Å²) in [7, 11) is 0. The van der Waals surface area contributed by atoms with E-state index in [9.17, 15) is 4.79 Å². The fraction of sp³-hybridized carbons (Fsp3) is 0.312. The maximum atomic E-state index is 11.6. The lowest BCUT2D eigenvalue weighted by Gasteiger charge is -2.06. The normalized spacial score (nSPS) is 11.3. The Kier molecular flexibility index (Phi) is 5.74. The third kappa shape index (κ3) is 4.57. The lowest BCUT2D eigenvalue weighted by Crippen LogP contribution is -2.07. The third-order valence-electron chi connectivity index (χ3n) is 3.00. The molecule has 2 rings (SSSR count). The molecule has 1 aromatic carbocycles. The van der Waals surface area contributed by atoms with Crippen LogP contribution >= 0.6 is 0 Å². The van der Waals surface area contributed by atoms with Gasteiger partial charge in [0, 0.05) is 11.8 Å². The second-order valence-corrected chi connectivity index (χ2v) is 4.84. The van der Waals surface area contributed by atoms with Crippen LogP contribution in [-0.2, 0) is 9.53 Å². The molecule has 122 valence electrons. The molecule has 0 spiro atoms. The van der Waals surface area contributed by atoms with Crippen LogP contribution in [0, 0.1) is 0 Å². The molecule has 0 unspecified atom stereocenters. The fourth-order valence-corrected chi connectivity index (χ4v) is 2.05. The van der Waals surface area contributed by atoms with E-state index >= 15 is 0 Å². The number of carbonyl (C=O) groups is 1. The summed E-state index contributed by atoms with van der Waals surface area (Å²) in [5.41, 5.74) is 7.42. The van der Waals surface area contributed by atoms with Gasteiger partial charge >= 0.3 is 5.97 Å². The number of ether oxygens (including phenoxy) is 1. The molecule has 0 fully saturated rings. The highest BCUT2D eigenvalue weighted by Gasteiger charge is 2.10. The van der Waals surface area contributed by atoms with Crippen LogP contribution < -0.4 is 11.1 Å². The number of nitrogens with zero attached hydrogens (tertiary/aromatic N) is 3. The van der Waals surface area contributed by atoms with Crippen molar-refractivity contribution >= 4 is 17.9 Å². The van der Waals surface area contributed by atoms with Gasteiger partial charge in [-0.25, -0.2) is 4.79 Å². The fourth-order valence-electron chi connectivity index (χ4n) is 2.05. The van der Waals surface area contributed by atoms with Crippen molar-refractivity contribution in [3.63, 3.8) is 0 Å². The van der Waals surface area contributed by atoms with E-state index in [0.29, 0.717) is 24.7 Å². The average Bonchev–Trinajstić information content (AvgIpc) is 2.89. The smallest absolute Gasteiger partial charge is 0.332 e. The van der Waals surface area contributed by atoms with Gasteiger partial charge in [0.05, 0.1) is 12.3 Å². The number of aromatic nitrogens is 3. The van der Waals surface area contributed by atoms with E-state index in [2.05, 4.69) is 15.4 Å². The first-order valence-corrected chi connectivity index (χ1v) is 7.56. The van der Waals surface area contributed by atoms with E-state index in [1.165, 1.54) is 10.8 Å². The number of carbonyl (C=O) groups excluding carboxylic acids is 1. The number of anilines is 2. The van der Waals surface area contributed by atoms with Crippen molar-refractivity contribution in [1.29, 1.82) is 0 Å². The van der Waals surface area contributed by atoms with Crippen LogP contribution in [0.4, 0.5) is 11.9 Å². The highest BCUT2D eigenvalue weighted by molar-refractivity contribution is 5.83. The van der Waals surface area contributed by atoms with E-state index in [1.54, 1.807) is 6.92 Å². The van der Waals surface area contributed by atoms with Crippen LogP contribution in [0.3, 0.4) is 0 Å². The quantitative estimate of drug-likeness (QED) is 0.602. The van der Waals surface area contributed by atoms with E-state index in [0.717, 1.165) is 12.1 Å². The number of allylic oxidation sites excluding steroid dienone is 1. The first-order chi connectivity index (χ1) is 11.1. The van der Waals surface area contributed by atoms with Crippen molar-refractivity contribution in [3.05, 3.63) is 42.1 Å². The summed E-state index contributed by atoms with van der Waals surface area (Å²) >= 11 is 0. The Hall–Kier alpha value is -2.83. The molecule has 7 heteroatoms. The van der Waals surface area contributed by atoms with Gasteiger partial charge in [0.25, 0.3) is 0 Å². The molecule has 2 aromatic rings. The summed E-state index contributed by atoms with van der Waals surface area (Å²) < 4.78 is 6.47. The molecular weight excluding hydrogens is 294 g/mol. The van der Waals surface area contributed by atoms with Gasteiger partial charge in [-0.1, -0.05) is 31.5 Å². The lowest BCUT2D eigenvalue weighted by atomic mass is 10.2. The van der Waals surface area contributed by atoms with E-state index in [-0.39, 0.29) is 11.9 Å². The van der Waals surface area contributed by atoms with Crippen molar-refractivity contribution in [2.24, 2.45) is 0 Å². The number of hydrogen-bond donors (Lipinski definition) is 2. The van der Waals surface area contributed by atoms with Gasteiger partial charge in [0.2, 0.25) is 11.9 Å². The summed E-state index contributed by atoms with van der Waals surface area (Å²) in [5.74, 6) is 0.222. The van der Waals surface area contributed by atoms with Gasteiger partial charge in [-0.3, -0.25) is 0 Å². The molecule has 1 aromatic heterocycles. The molecule has 0 aliphatic heterocycles. The Bertz CT molecular complexity index is 679. The molecule has 0 atom stereocenters. The van der Waals surface area contributed by atoms with Gasteiger partial charge in [-0.15, -0.1) is 5.10 Å². The summed E-state index contributed by atoms with van der Waals surface area (Å²) in [6, 6.07) is 9.48. The van der Waals surface area contributed by atoms with E-state index in [1.807, 2.05) is 37.3 Å². The van der Waals surface area contributed by atoms with Crippen molar-refractivity contribution in [2.75, 3.05) is 17.7 Å². The molecular formula is C16H21N5O2. The topological polar surface area (TPSA) is 95.1 Å². The largest absolute Gasteiger partial charge is 0.463 e. The van der Waals surface area contributed by atoms with Gasteiger partial charge in [0.1, 0.15) is 0 Å². The number of para-hydroxylation sites is 1. The Morgan fingerprint density at radius 2 is 2.09 bits per heavy atom. The summed E-state index contributed by atoms with van der Waals surface area (Å²) in [4.78, 5) is 15.8. The summed E-state index contributed by atoms with van der Waals surface area (Å²) in [5, 5.41) is 7.37. The molecule has 0 radical (unpaired) electrons. The SMILES string of the molecule is CCC/C(=C/C(=O)OCC)Nc1nc(N)n(-c2ccccc2)n1. The van der Waals surface area contributed by atoms with Crippen molar-refractivity contribution in [1.82, 2.24) is 14.8 Å². The molecule has 1 heterocycles. The Morgan fingerprint density at radius 3 is 2.74 bits per heavy atom. The standard InChI is InChI=1S/C16H21N5O2/c1-3-8-12(11-14(22)23-4-2)18-16-19-15(17)21(20-16)13-9-6-5-7-10-13/h5-7,9-11H,3-4,8H2,1-2H3,(H3,17,18,19,20)/b12-11-. The van der Waals surface area contributed by atoms with Crippen LogP contribution in [0.1, 0.15) is 26.7 Å². The molecule has 3 N–H and O–H groups in total. The van der Waals surface area contributed by atoms with Crippen LogP contribution in [0.5, 0.6) is 0 Å². The second kappa shape index (κ2) is 7.98. The van der Waals surface area contributed by atoms with E-state index < -0.39 is 0 Å². The molecule has 7 nitrogen and oxygen atoms in total. The molecule has 0 amide bonds. The minimum absolute atomic E-state index is 0.269. The number of nitrogen functional groups attached to an aromatic ring is 1. The Balaban J connectivity index is 2.19. The lowest BCUT2D eigenvalue weighted by molar-refractivity contribution is -0.137. The van der Waals surface area contributed by atoms with Gasteiger partial charge < -0.3 is 15.8 Å². The third-order valence-corrected chi connectivity index (χ3v) is 3.00. The van der Waals surface area contributed by atoms with Gasteiger partial charge in [0.15, 0.2) is 0 Å². The molecule has 23 heavy (non-hydrogen) atoms. The van der Waals surface area contributed by atoms with Crippen LogP contribution in [0.2, 0.25) is 0 Å². The number of nitrogens with two attached hydrogens (primary N) is 1. The first kappa shape index (κ1) is 16.5. The highest BCUT2D eigenvalue weighted by atomic mass is 16.5. The monoisotopic (exact) mass is 315 g/mol. The number of rotatable bonds is 7. The number of hydrogen-bond acceptors (Lipinski definition) is 6. The highest BCUT2D eigenvalue weighted by Crippen LogP contribution is 2.15. The Labute approximate surface area is 135 Å². The average molecular weight is 315 g/mol. The van der Waals surface area contributed by atoms with Gasteiger partial charge in [-0.2, -0.15) is 9.67 Å². The van der Waals surface area contributed by atoms with Crippen molar-refractivity contribution in [3.8, 4) is 5.69 Å². The molecule has 0 aliphatic rings. The van der Waals surface area contributed by atoms with Crippen molar-refractivity contribution < 1.29 is 9.53 Å².